The van der Waals surface area contributed by atoms with Crippen molar-refractivity contribution >= 4 is 23.4 Å². The lowest BCUT2D eigenvalue weighted by Gasteiger charge is -2.18. The summed E-state index contributed by atoms with van der Waals surface area (Å²) in [4.78, 5) is 23.5. The van der Waals surface area contributed by atoms with Gasteiger partial charge in [-0.15, -0.1) is 0 Å². The van der Waals surface area contributed by atoms with Crippen LogP contribution in [0.4, 0.5) is 22.1 Å². The monoisotopic (exact) mass is 486 g/mol. The second kappa shape index (κ2) is 10.2. The van der Waals surface area contributed by atoms with E-state index in [1.165, 1.54) is 0 Å². The molecular weight excluding hydrogens is 460 g/mol. The topological polar surface area (TPSA) is 122 Å². The quantitative estimate of drug-likeness (QED) is 0.540. The van der Waals surface area contributed by atoms with Crippen LogP contribution in [0, 0.1) is 11.3 Å². The summed E-state index contributed by atoms with van der Waals surface area (Å²) >= 11 is 0. The molecule has 2 aromatic carbocycles. The van der Waals surface area contributed by atoms with E-state index >= 15 is 0 Å². The molecule has 184 valence electrons. The Morgan fingerprint density at radius 1 is 1.11 bits per heavy atom. The van der Waals surface area contributed by atoms with Gasteiger partial charge in [-0.1, -0.05) is 18.2 Å². The summed E-state index contributed by atoms with van der Waals surface area (Å²) in [7, 11) is 4.00. The van der Waals surface area contributed by atoms with E-state index in [2.05, 4.69) is 20.6 Å². The van der Waals surface area contributed by atoms with E-state index in [-0.39, 0.29) is 18.8 Å². The number of hydrogen-bond acceptors (Lipinski definition) is 9. The number of ether oxygens (including phenoxy) is 3. The van der Waals surface area contributed by atoms with Crippen LogP contribution in [0.5, 0.6) is 0 Å². The number of aromatic nitrogens is 2. The van der Waals surface area contributed by atoms with Gasteiger partial charge in [0.1, 0.15) is 12.2 Å². The Labute approximate surface area is 208 Å². The van der Waals surface area contributed by atoms with Crippen LogP contribution in [0.1, 0.15) is 5.56 Å². The number of carbonyl (C=O) groups excluding carboxylic acids is 1. The zero-order valence-corrected chi connectivity index (χ0v) is 19.9. The average molecular weight is 487 g/mol. The van der Waals surface area contributed by atoms with Crippen LogP contribution >= 0.6 is 0 Å². The van der Waals surface area contributed by atoms with E-state index in [1.54, 1.807) is 30.5 Å². The summed E-state index contributed by atoms with van der Waals surface area (Å²) in [5.41, 5.74) is 3.83. The van der Waals surface area contributed by atoms with Crippen LogP contribution in [-0.4, -0.2) is 67.7 Å². The van der Waals surface area contributed by atoms with Gasteiger partial charge in [0.25, 0.3) is 0 Å². The second-order valence-corrected chi connectivity index (χ2v) is 8.81. The Kier molecular flexibility index (Phi) is 6.66. The number of rotatable bonds is 6. The van der Waals surface area contributed by atoms with Gasteiger partial charge in [-0.3, -0.25) is 5.32 Å². The number of carbonyl (C=O) groups is 1. The van der Waals surface area contributed by atoms with Crippen molar-refractivity contribution in [1.29, 1.82) is 5.26 Å². The summed E-state index contributed by atoms with van der Waals surface area (Å²) in [5.74, 6) is 0.474. The molecule has 0 bridgehead atoms. The molecule has 0 spiro atoms. The molecule has 0 aliphatic carbocycles. The average Bonchev–Trinajstić information content (AvgIpc) is 3.47. The normalized spacial score (nSPS) is 22.4. The van der Waals surface area contributed by atoms with Crippen molar-refractivity contribution in [3.63, 3.8) is 0 Å². The first kappa shape index (κ1) is 23.5. The van der Waals surface area contributed by atoms with Crippen LogP contribution in [0.25, 0.3) is 11.3 Å². The molecule has 10 heteroatoms. The van der Waals surface area contributed by atoms with Gasteiger partial charge in [0.15, 0.2) is 6.10 Å². The summed E-state index contributed by atoms with van der Waals surface area (Å²) in [6.07, 6.45) is -0.180. The van der Waals surface area contributed by atoms with Crippen LogP contribution in [0.3, 0.4) is 0 Å². The SMILES string of the molecule is CN(C)c1ccc(-c2ccnc(N[C@@H]3CO[C@@H]4[C@@H]3OC[C@H]4OC(=O)Nc3cccc(C#N)c3)n2)cc1. The van der Waals surface area contributed by atoms with Gasteiger partial charge < -0.3 is 24.4 Å². The minimum atomic E-state index is -0.629. The summed E-state index contributed by atoms with van der Waals surface area (Å²) in [6, 6.07) is 18.5. The van der Waals surface area contributed by atoms with Crippen molar-refractivity contribution in [2.75, 3.05) is 42.8 Å². The molecule has 5 rings (SSSR count). The molecule has 1 aromatic heterocycles. The molecule has 2 aliphatic heterocycles. The van der Waals surface area contributed by atoms with Crippen LogP contribution in [0.15, 0.2) is 60.8 Å². The lowest BCUT2D eigenvalue weighted by Crippen LogP contribution is -2.38. The zero-order chi connectivity index (χ0) is 25.1. The van der Waals surface area contributed by atoms with E-state index in [1.807, 2.05) is 55.4 Å². The third-order valence-corrected chi connectivity index (χ3v) is 6.15. The highest BCUT2D eigenvalue weighted by atomic mass is 16.6. The number of anilines is 3. The van der Waals surface area contributed by atoms with Crippen molar-refractivity contribution in [2.24, 2.45) is 0 Å². The van der Waals surface area contributed by atoms with E-state index in [9.17, 15) is 4.79 Å². The Hall–Kier alpha value is -4.20. The minimum Gasteiger partial charge on any atom is -0.441 e. The Bertz CT molecular complexity index is 1280. The fourth-order valence-corrected chi connectivity index (χ4v) is 4.33. The zero-order valence-electron chi connectivity index (χ0n) is 19.9. The van der Waals surface area contributed by atoms with Gasteiger partial charge in [0.2, 0.25) is 5.95 Å². The summed E-state index contributed by atoms with van der Waals surface area (Å²) in [6.45, 7) is 0.588. The maximum Gasteiger partial charge on any atom is 0.412 e. The van der Waals surface area contributed by atoms with Crippen LogP contribution in [0.2, 0.25) is 0 Å². The standard InChI is InChI=1S/C26H26N6O4/c1-32(2)19-8-6-17(7-9-19)20-10-11-28-25(30-20)31-21-14-34-24-22(15-35-23(21)24)36-26(33)29-18-5-3-4-16(12-18)13-27/h3-12,21-24H,14-15H2,1-2H3,(H,29,33)(H,28,30,31)/t21-,22-,23-,24+/m1/s1. The van der Waals surface area contributed by atoms with Crippen molar-refractivity contribution in [3.8, 4) is 17.3 Å². The van der Waals surface area contributed by atoms with Gasteiger partial charge in [-0.25, -0.2) is 14.8 Å². The predicted molar refractivity (Wildman–Crippen MR) is 134 cm³/mol. The van der Waals surface area contributed by atoms with E-state index in [0.717, 1.165) is 16.9 Å². The predicted octanol–water partition coefficient (Wildman–Crippen LogP) is 3.28. The summed E-state index contributed by atoms with van der Waals surface area (Å²) in [5, 5.41) is 15.0. The highest BCUT2D eigenvalue weighted by molar-refractivity contribution is 5.85. The number of nitrogens with one attached hydrogen (secondary N) is 2. The molecule has 3 heterocycles. The van der Waals surface area contributed by atoms with Crippen molar-refractivity contribution in [1.82, 2.24) is 9.97 Å². The maximum atomic E-state index is 12.4. The molecule has 2 saturated heterocycles. The first-order chi connectivity index (χ1) is 17.5. The molecule has 2 fully saturated rings. The molecule has 0 unspecified atom stereocenters. The number of benzene rings is 2. The van der Waals surface area contributed by atoms with E-state index < -0.39 is 18.3 Å². The fraction of sp³-hybridized carbons (Fsp3) is 0.308. The Morgan fingerprint density at radius 2 is 1.92 bits per heavy atom. The molecule has 3 aromatic rings. The van der Waals surface area contributed by atoms with Gasteiger partial charge in [-0.2, -0.15) is 5.26 Å². The van der Waals surface area contributed by atoms with Crippen LogP contribution < -0.4 is 15.5 Å². The Balaban J connectivity index is 1.19. The van der Waals surface area contributed by atoms with Gasteiger partial charge in [0.05, 0.1) is 36.6 Å². The second-order valence-electron chi connectivity index (χ2n) is 8.81. The third kappa shape index (κ3) is 5.07. The first-order valence-corrected chi connectivity index (χ1v) is 11.6. The highest BCUT2D eigenvalue weighted by Crippen LogP contribution is 2.31. The number of amides is 1. The number of hydrogen-bond donors (Lipinski definition) is 2. The van der Waals surface area contributed by atoms with Crippen LogP contribution in [-0.2, 0) is 14.2 Å². The lowest BCUT2D eigenvalue weighted by atomic mass is 10.1. The maximum absolute atomic E-state index is 12.4. The lowest BCUT2D eigenvalue weighted by molar-refractivity contribution is 0.00917. The Morgan fingerprint density at radius 3 is 2.69 bits per heavy atom. The molecule has 2 aliphatic rings. The van der Waals surface area contributed by atoms with E-state index in [4.69, 9.17) is 19.5 Å². The molecule has 0 radical (unpaired) electrons. The first-order valence-electron chi connectivity index (χ1n) is 11.6. The van der Waals surface area contributed by atoms with Gasteiger partial charge in [-0.05, 0) is 36.4 Å². The van der Waals surface area contributed by atoms with Gasteiger partial charge in [0, 0.05) is 37.2 Å². The molecule has 2 N–H and O–H groups in total. The summed E-state index contributed by atoms with van der Waals surface area (Å²) < 4.78 is 17.4. The molecular formula is C26H26N6O4. The largest absolute Gasteiger partial charge is 0.441 e. The number of nitrogens with zero attached hydrogens (tertiary/aromatic N) is 4. The molecule has 4 atom stereocenters. The minimum absolute atomic E-state index is 0.190. The smallest absolute Gasteiger partial charge is 0.412 e. The highest BCUT2D eigenvalue weighted by Gasteiger charge is 2.49. The van der Waals surface area contributed by atoms with E-state index in [0.29, 0.717) is 23.8 Å². The molecule has 1 amide bonds. The van der Waals surface area contributed by atoms with Crippen molar-refractivity contribution in [3.05, 3.63) is 66.4 Å². The van der Waals surface area contributed by atoms with Crippen molar-refractivity contribution < 1.29 is 19.0 Å². The third-order valence-electron chi connectivity index (χ3n) is 6.15. The van der Waals surface area contributed by atoms with Crippen molar-refractivity contribution in [2.45, 2.75) is 24.4 Å². The number of fused-ring (bicyclic) bond motifs is 1. The molecule has 10 nitrogen and oxygen atoms in total. The molecule has 36 heavy (non-hydrogen) atoms. The fourth-order valence-electron chi connectivity index (χ4n) is 4.33. The van der Waals surface area contributed by atoms with Gasteiger partial charge >= 0.3 is 6.09 Å². The molecule has 0 saturated carbocycles. The number of nitriles is 1.